The molecule has 10 heteroatoms. The molecule has 1 rings (SSSR count). The van der Waals surface area contributed by atoms with Crippen LogP contribution in [0.15, 0.2) is 42.0 Å². The summed E-state index contributed by atoms with van der Waals surface area (Å²) in [6, 6.07) is 7.73. The van der Waals surface area contributed by atoms with Crippen LogP contribution in [0.25, 0.3) is 0 Å². The summed E-state index contributed by atoms with van der Waals surface area (Å²) < 4.78 is 24.9. The molecule has 0 spiro atoms. The number of nitrogens with one attached hydrogen (secondary N) is 3. The molecule has 0 fully saturated rings. The lowest BCUT2D eigenvalue weighted by molar-refractivity contribution is -0.140. The molecule has 38 heavy (non-hydrogen) atoms. The topological polar surface area (TPSA) is 125 Å². The van der Waals surface area contributed by atoms with Gasteiger partial charge in [0.05, 0.1) is 18.3 Å². The second-order valence-electron chi connectivity index (χ2n) is 11.9. The molecule has 3 N–H and O–H groups in total. The molecule has 1 aromatic rings. The average Bonchev–Trinajstić information content (AvgIpc) is 2.78. The number of rotatable bonds is 11. The largest absolute Gasteiger partial charge is 0.342 e. The summed E-state index contributed by atoms with van der Waals surface area (Å²) in [6.07, 6.45) is 2.49. The first-order valence-electron chi connectivity index (χ1n) is 12.7. The number of sulfonamides is 1. The molecule has 0 saturated carbocycles. The number of nitrogens with zero attached hydrogens (tertiary/aromatic N) is 1. The third-order valence-electron chi connectivity index (χ3n) is 6.72. The van der Waals surface area contributed by atoms with E-state index < -0.39 is 44.9 Å². The van der Waals surface area contributed by atoms with Crippen LogP contribution in [0.5, 0.6) is 0 Å². The zero-order valence-corrected chi connectivity index (χ0v) is 25.5. The molecule has 1 aromatic carbocycles. The summed E-state index contributed by atoms with van der Waals surface area (Å²) in [5.41, 5.74) is -0.0300. The maximum Gasteiger partial charge on any atom is 0.260 e. The van der Waals surface area contributed by atoms with Crippen LogP contribution in [0.2, 0.25) is 0 Å². The number of carbonyl (C=O) groups is 3. The monoisotopic (exact) mass is 550 g/mol. The molecule has 0 aromatic heterocycles. The van der Waals surface area contributed by atoms with E-state index in [0.717, 1.165) is 11.8 Å². The lowest BCUT2D eigenvalue weighted by Crippen LogP contribution is -2.61. The van der Waals surface area contributed by atoms with E-state index in [1.165, 1.54) is 11.8 Å². The molecule has 9 nitrogen and oxygen atoms in total. The van der Waals surface area contributed by atoms with E-state index in [4.69, 9.17) is 0 Å². The molecule has 3 atom stereocenters. The molecule has 0 aliphatic carbocycles. The number of benzene rings is 1. The summed E-state index contributed by atoms with van der Waals surface area (Å²) in [4.78, 5) is 41.3. The van der Waals surface area contributed by atoms with Gasteiger partial charge >= 0.3 is 0 Å². The van der Waals surface area contributed by atoms with Crippen molar-refractivity contribution in [1.29, 1.82) is 0 Å². The molecule has 0 bridgehead atoms. The standard InChI is InChI=1S/C28H46N4O5S/c1-18(2)21(17-19(3)24(33)31-38(11,36)37)32(10)26(35)23(27(4,5)6)30-25(34)22(29-9)28(7,8)20-15-13-12-14-16-20/h12-18,21-23,29H,1-11H3,(H,30,34)(H,31,33)/b19-17+/t21-,22-,23?/m1/s1. The van der Waals surface area contributed by atoms with E-state index in [1.807, 2.05) is 83.5 Å². The van der Waals surface area contributed by atoms with Crippen LogP contribution in [0.3, 0.4) is 0 Å². The maximum atomic E-state index is 13.8. The average molecular weight is 551 g/mol. The van der Waals surface area contributed by atoms with Crippen molar-refractivity contribution in [3.63, 3.8) is 0 Å². The van der Waals surface area contributed by atoms with E-state index >= 15 is 0 Å². The van der Waals surface area contributed by atoms with Gasteiger partial charge in [-0.2, -0.15) is 0 Å². The Hall–Kier alpha value is -2.72. The zero-order chi connectivity index (χ0) is 29.6. The van der Waals surface area contributed by atoms with Crippen molar-refractivity contribution in [2.45, 2.75) is 78.9 Å². The molecule has 214 valence electrons. The molecule has 0 heterocycles. The summed E-state index contributed by atoms with van der Waals surface area (Å²) in [6.45, 7) is 14.9. The van der Waals surface area contributed by atoms with Crippen LogP contribution >= 0.6 is 0 Å². The lowest BCUT2D eigenvalue weighted by atomic mass is 9.76. The molecular weight excluding hydrogens is 504 g/mol. The predicted octanol–water partition coefficient (Wildman–Crippen LogP) is 2.59. The summed E-state index contributed by atoms with van der Waals surface area (Å²) in [5, 5.41) is 6.12. The van der Waals surface area contributed by atoms with Crippen molar-refractivity contribution >= 4 is 27.7 Å². The highest BCUT2D eigenvalue weighted by Gasteiger charge is 2.41. The Morgan fingerprint density at radius 2 is 1.50 bits per heavy atom. The molecule has 3 amide bonds. The van der Waals surface area contributed by atoms with Crippen LogP contribution in [0.4, 0.5) is 0 Å². The van der Waals surface area contributed by atoms with E-state index in [0.29, 0.717) is 0 Å². The number of carbonyl (C=O) groups excluding carboxylic acids is 3. The first kappa shape index (κ1) is 33.3. The number of hydrogen-bond donors (Lipinski definition) is 3. The Labute approximate surface area is 228 Å². The third kappa shape index (κ3) is 8.94. The number of likely N-dealkylation sites (N-methyl/N-ethyl adjacent to an activating group) is 2. The molecule has 0 saturated heterocycles. The van der Waals surface area contributed by atoms with Crippen LogP contribution in [-0.2, 0) is 29.8 Å². The smallest absolute Gasteiger partial charge is 0.260 e. The van der Waals surface area contributed by atoms with Gasteiger partial charge in [-0.1, -0.05) is 84.9 Å². The summed E-state index contributed by atoms with van der Waals surface area (Å²) >= 11 is 0. The van der Waals surface area contributed by atoms with Crippen LogP contribution in [-0.4, -0.2) is 69.5 Å². The Morgan fingerprint density at radius 1 is 0.974 bits per heavy atom. The highest BCUT2D eigenvalue weighted by molar-refractivity contribution is 7.89. The van der Waals surface area contributed by atoms with Crippen molar-refractivity contribution in [3.8, 4) is 0 Å². The van der Waals surface area contributed by atoms with Gasteiger partial charge in [-0.15, -0.1) is 0 Å². The van der Waals surface area contributed by atoms with Crippen molar-refractivity contribution in [2.75, 3.05) is 20.4 Å². The van der Waals surface area contributed by atoms with Gasteiger partial charge in [0.15, 0.2) is 0 Å². The SMILES string of the molecule is CN[C@H](C(=O)NC(C(=O)N(C)[C@H](/C=C(\C)C(=O)NS(C)(=O)=O)C(C)C)C(C)(C)C)C(C)(C)c1ccccc1. The van der Waals surface area contributed by atoms with Crippen molar-refractivity contribution in [1.82, 2.24) is 20.3 Å². The first-order chi connectivity index (χ1) is 17.2. The van der Waals surface area contributed by atoms with Gasteiger partial charge < -0.3 is 15.5 Å². The minimum Gasteiger partial charge on any atom is -0.342 e. The second-order valence-corrected chi connectivity index (χ2v) is 13.6. The van der Waals surface area contributed by atoms with Gasteiger partial charge in [0.25, 0.3) is 5.91 Å². The second kappa shape index (κ2) is 12.9. The molecule has 0 aliphatic rings. The molecule has 0 radical (unpaired) electrons. The minimum atomic E-state index is -3.72. The van der Waals surface area contributed by atoms with Gasteiger partial charge in [0.2, 0.25) is 21.8 Å². The van der Waals surface area contributed by atoms with Crippen molar-refractivity contribution in [2.24, 2.45) is 11.3 Å². The number of hydrogen-bond acceptors (Lipinski definition) is 6. The third-order valence-corrected chi connectivity index (χ3v) is 7.28. The van der Waals surface area contributed by atoms with E-state index in [2.05, 4.69) is 10.6 Å². The molecule has 1 unspecified atom stereocenters. The van der Waals surface area contributed by atoms with E-state index in [9.17, 15) is 22.8 Å². The fraction of sp³-hybridized carbons (Fsp3) is 0.607. The molecular formula is C28H46N4O5S. The summed E-state index contributed by atoms with van der Waals surface area (Å²) in [7, 11) is -0.379. The minimum absolute atomic E-state index is 0.0941. The highest BCUT2D eigenvalue weighted by atomic mass is 32.2. The maximum absolute atomic E-state index is 13.8. The van der Waals surface area contributed by atoms with Gasteiger partial charge in [-0.3, -0.25) is 14.4 Å². The quantitative estimate of drug-likeness (QED) is 0.364. The lowest BCUT2D eigenvalue weighted by Gasteiger charge is -2.40. The number of amides is 3. The Kier molecular flexibility index (Phi) is 11.3. The molecule has 0 aliphatic heterocycles. The Bertz CT molecular complexity index is 1120. The van der Waals surface area contributed by atoms with Crippen LogP contribution in [0, 0.1) is 11.3 Å². The van der Waals surface area contributed by atoms with Gasteiger partial charge in [-0.05, 0) is 30.9 Å². The van der Waals surface area contributed by atoms with Gasteiger partial charge in [-0.25, -0.2) is 13.1 Å². The summed E-state index contributed by atoms with van der Waals surface area (Å²) in [5.74, 6) is -1.46. The fourth-order valence-corrected chi connectivity index (χ4v) is 4.91. The van der Waals surface area contributed by atoms with E-state index in [1.54, 1.807) is 20.2 Å². The predicted molar refractivity (Wildman–Crippen MR) is 152 cm³/mol. The van der Waals surface area contributed by atoms with Crippen molar-refractivity contribution in [3.05, 3.63) is 47.5 Å². The highest BCUT2D eigenvalue weighted by Crippen LogP contribution is 2.29. The van der Waals surface area contributed by atoms with Crippen molar-refractivity contribution < 1.29 is 22.8 Å². The Balaban J connectivity index is 3.31. The normalized spacial score (nSPS) is 15.4. The van der Waals surface area contributed by atoms with E-state index in [-0.39, 0.29) is 23.3 Å². The van der Waals surface area contributed by atoms with Gasteiger partial charge in [0.1, 0.15) is 6.04 Å². The first-order valence-corrected chi connectivity index (χ1v) is 14.6. The van der Waals surface area contributed by atoms with Crippen LogP contribution < -0.4 is 15.4 Å². The Morgan fingerprint density at radius 3 is 1.92 bits per heavy atom. The fourth-order valence-electron chi connectivity index (χ4n) is 4.41. The van der Waals surface area contributed by atoms with Crippen LogP contribution in [0.1, 0.15) is 61.0 Å². The zero-order valence-electron chi connectivity index (χ0n) is 24.7. The van der Waals surface area contributed by atoms with Gasteiger partial charge in [0, 0.05) is 18.0 Å².